The largest absolute Gasteiger partial charge is 0.368 e. The number of halogens is 1. The molecule has 0 aliphatic carbocycles. The van der Waals surface area contributed by atoms with Gasteiger partial charge in [-0.3, -0.25) is 9.59 Å². The molecule has 30 heavy (non-hydrogen) atoms. The fourth-order valence-electron chi connectivity index (χ4n) is 3.59. The van der Waals surface area contributed by atoms with Gasteiger partial charge in [-0.05, 0) is 43.2 Å². The van der Waals surface area contributed by atoms with Gasteiger partial charge in [0, 0.05) is 32.3 Å². The average molecular weight is 410 g/mol. The molecule has 3 aromatic rings. The Morgan fingerprint density at radius 2 is 2.10 bits per heavy atom. The Balaban J connectivity index is 1.40. The van der Waals surface area contributed by atoms with E-state index in [0.29, 0.717) is 25.3 Å². The maximum absolute atomic E-state index is 13.7. The van der Waals surface area contributed by atoms with Crippen molar-refractivity contribution in [1.82, 2.24) is 14.9 Å². The van der Waals surface area contributed by atoms with Crippen LogP contribution in [0.3, 0.4) is 0 Å². The average Bonchev–Trinajstić information content (AvgIpc) is 3.37. The molecule has 7 nitrogen and oxygen atoms in total. The minimum absolute atomic E-state index is 0.0223. The smallest absolute Gasteiger partial charge is 0.254 e. The highest BCUT2D eigenvalue weighted by atomic mass is 19.1. The second-order valence-electron chi connectivity index (χ2n) is 7.27. The van der Waals surface area contributed by atoms with Crippen LogP contribution in [0.2, 0.25) is 0 Å². The lowest BCUT2D eigenvalue weighted by Crippen LogP contribution is -2.27. The van der Waals surface area contributed by atoms with E-state index in [1.807, 2.05) is 29.8 Å². The second kappa shape index (κ2) is 8.62. The molecule has 2 heterocycles. The zero-order valence-electron chi connectivity index (χ0n) is 16.7. The van der Waals surface area contributed by atoms with Gasteiger partial charge in [0.1, 0.15) is 17.7 Å². The first-order valence-corrected chi connectivity index (χ1v) is 9.93. The normalized spacial score (nSPS) is 16.0. The zero-order valence-corrected chi connectivity index (χ0v) is 16.7. The number of imidazole rings is 1. The first kappa shape index (κ1) is 20.0. The Labute approximate surface area is 173 Å². The summed E-state index contributed by atoms with van der Waals surface area (Å²) in [4.78, 5) is 29.0. The molecule has 0 bridgehead atoms. The highest BCUT2D eigenvalue weighted by Gasteiger charge is 2.23. The van der Waals surface area contributed by atoms with Gasteiger partial charge in [-0.2, -0.15) is 0 Å². The van der Waals surface area contributed by atoms with Gasteiger partial charge in [-0.1, -0.05) is 12.1 Å². The third-order valence-electron chi connectivity index (χ3n) is 5.22. The van der Waals surface area contributed by atoms with Crippen molar-refractivity contribution in [3.63, 3.8) is 0 Å². The Morgan fingerprint density at radius 3 is 2.87 bits per heavy atom. The van der Waals surface area contributed by atoms with Crippen molar-refractivity contribution in [1.29, 1.82) is 0 Å². The molecule has 156 valence electrons. The summed E-state index contributed by atoms with van der Waals surface area (Å²) in [6.45, 7) is 0.946. The van der Waals surface area contributed by atoms with Crippen molar-refractivity contribution in [2.75, 3.05) is 18.5 Å². The number of carbonyl (C=O) groups is 2. The number of nitrogens with zero attached hydrogens (tertiary/aromatic N) is 2. The molecular weight excluding hydrogens is 387 g/mol. The van der Waals surface area contributed by atoms with Crippen molar-refractivity contribution in [2.45, 2.75) is 25.4 Å². The van der Waals surface area contributed by atoms with Gasteiger partial charge in [0.2, 0.25) is 0 Å². The Hall–Kier alpha value is -3.26. The summed E-state index contributed by atoms with van der Waals surface area (Å²) < 4.78 is 21.1. The SMILES string of the molecule is Cn1c(CCNC(=O)c2ccccc2F)nc2cc(NC(=O)C3CCCO3)ccc21. The predicted octanol–water partition coefficient (Wildman–Crippen LogP) is 2.80. The van der Waals surface area contributed by atoms with Crippen molar-refractivity contribution >= 4 is 28.5 Å². The molecule has 0 spiro atoms. The lowest BCUT2D eigenvalue weighted by atomic mass is 10.2. The minimum atomic E-state index is -0.546. The summed E-state index contributed by atoms with van der Waals surface area (Å²) in [5.41, 5.74) is 2.35. The van der Waals surface area contributed by atoms with Crippen LogP contribution in [0.25, 0.3) is 11.0 Å². The van der Waals surface area contributed by atoms with Gasteiger partial charge in [-0.25, -0.2) is 9.37 Å². The van der Waals surface area contributed by atoms with Crippen LogP contribution in [0.4, 0.5) is 10.1 Å². The van der Waals surface area contributed by atoms with Crippen LogP contribution < -0.4 is 10.6 Å². The summed E-state index contributed by atoms with van der Waals surface area (Å²) >= 11 is 0. The number of hydrogen-bond donors (Lipinski definition) is 2. The molecule has 0 saturated carbocycles. The number of amides is 2. The zero-order chi connectivity index (χ0) is 21.1. The molecule has 2 aromatic carbocycles. The molecule has 1 saturated heterocycles. The van der Waals surface area contributed by atoms with Crippen LogP contribution in [0.1, 0.15) is 29.0 Å². The maximum Gasteiger partial charge on any atom is 0.254 e. The van der Waals surface area contributed by atoms with E-state index in [4.69, 9.17) is 4.74 Å². The topological polar surface area (TPSA) is 85.3 Å². The molecule has 1 atom stereocenters. The molecule has 1 aliphatic rings. The number of carbonyl (C=O) groups excluding carboxylic acids is 2. The van der Waals surface area contributed by atoms with Gasteiger partial charge < -0.3 is 19.9 Å². The Kier molecular flexibility index (Phi) is 5.76. The molecule has 1 aromatic heterocycles. The van der Waals surface area contributed by atoms with E-state index in [2.05, 4.69) is 15.6 Å². The maximum atomic E-state index is 13.7. The lowest BCUT2D eigenvalue weighted by Gasteiger charge is -2.10. The fraction of sp³-hybridized carbons (Fsp3) is 0.318. The molecule has 4 rings (SSSR count). The summed E-state index contributed by atoms with van der Waals surface area (Å²) in [6.07, 6.45) is 1.73. The number of benzene rings is 2. The first-order chi connectivity index (χ1) is 14.5. The summed E-state index contributed by atoms with van der Waals surface area (Å²) in [5, 5.41) is 5.61. The lowest BCUT2D eigenvalue weighted by molar-refractivity contribution is -0.124. The van der Waals surface area contributed by atoms with Crippen LogP contribution in [0.15, 0.2) is 42.5 Å². The standard InChI is InChI=1S/C22H23FN4O3/c1-27-18-9-8-14(25-22(29)19-7-4-12-30-19)13-17(18)26-20(27)10-11-24-21(28)15-5-2-3-6-16(15)23/h2-3,5-6,8-9,13,19H,4,7,10-12H2,1H3,(H,24,28)(H,25,29). The van der Waals surface area contributed by atoms with E-state index in [0.717, 1.165) is 29.7 Å². The first-order valence-electron chi connectivity index (χ1n) is 9.93. The predicted molar refractivity (Wildman–Crippen MR) is 111 cm³/mol. The minimum Gasteiger partial charge on any atom is -0.368 e. The number of nitrogens with one attached hydrogen (secondary N) is 2. The fourth-order valence-corrected chi connectivity index (χ4v) is 3.59. The van der Waals surface area contributed by atoms with E-state index < -0.39 is 17.8 Å². The van der Waals surface area contributed by atoms with E-state index >= 15 is 0 Å². The summed E-state index contributed by atoms with van der Waals surface area (Å²) in [7, 11) is 1.90. The van der Waals surface area contributed by atoms with Crippen molar-refractivity contribution < 1.29 is 18.7 Å². The molecule has 1 fully saturated rings. The second-order valence-corrected chi connectivity index (χ2v) is 7.27. The number of aromatic nitrogens is 2. The molecule has 1 unspecified atom stereocenters. The Morgan fingerprint density at radius 1 is 1.27 bits per heavy atom. The molecule has 2 amide bonds. The van der Waals surface area contributed by atoms with Crippen molar-refractivity contribution in [2.24, 2.45) is 7.05 Å². The number of anilines is 1. The molecule has 2 N–H and O–H groups in total. The van der Waals surface area contributed by atoms with Crippen LogP contribution in [-0.2, 0) is 23.0 Å². The van der Waals surface area contributed by atoms with Crippen LogP contribution in [-0.4, -0.2) is 40.6 Å². The van der Waals surface area contributed by atoms with Gasteiger partial charge in [0.15, 0.2) is 0 Å². The summed E-state index contributed by atoms with van der Waals surface area (Å²) in [5.74, 6) is -0.360. The van der Waals surface area contributed by atoms with Crippen molar-refractivity contribution in [3.8, 4) is 0 Å². The Bertz CT molecular complexity index is 1090. The highest BCUT2D eigenvalue weighted by molar-refractivity contribution is 5.96. The number of hydrogen-bond acceptors (Lipinski definition) is 4. The van der Waals surface area contributed by atoms with E-state index in [-0.39, 0.29) is 11.5 Å². The highest BCUT2D eigenvalue weighted by Crippen LogP contribution is 2.21. The third-order valence-corrected chi connectivity index (χ3v) is 5.22. The number of ether oxygens (including phenoxy) is 1. The van der Waals surface area contributed by atoms with E-state index in [9.17, 15) is 14.0 Å². The van der Waals surface area contributed by atoms with Gasteiger partial charge in [0.25, 0.3) is 11.8 Å². The monoisotopic (exact) mass is 410 g/mol. The molecule has 8 heteroatoms. The van der Waals surface area contributed by atoms with E-state index in [1.54, 1.807) is 12.1 Å². The van der Waals surface area contributed by atoms with Crippen molar-refractivity contribution in [3.05, 3.63) is 59.7 Å². The van der Waals surface area contributed by atoms with Crippen LogP contribution >= 0.6 is 0 Å². The third kappa shape index (κ3) is 4.18. The number of aryl methyl sites for hydroxylation is 1. The van der Waals surface area contributed by atoms with Crippen LogP contribution in [0, 0.1) is 5.82 Å². The van der Waals surface area contributed by atoms with E-state index in [1.165, 1.54) is 12.1 Å². The molecule has 1 aliphatic heterocycles. The molecule has 0 radical (unpaired) electrons. The number of fused-ring (bicyclic) bond motifs is 1. The quantitative estimate of drug-likeness (QED) is 0.654. The van der Waals surface area contributed by atoms with Crippen LogP contribution in [0.5, 0.6) is 0 Å². The van der Waals surface area contributed by atoms with Gasteiger partial charge in [-0.15, -0.1) is 0 Å². The summed E-state index contributed by atoms with van der Waals surface area (Å²) in [6, 6.07) is 11.4. The number of rotatable bonds is 6. The van der Waals surface area contributed by atoms with Gasteiger partial charge >= 0.3 is 0 Å². The molecular formula is C22H23FN4O3. The van der Waals surface area contributed by atoms with Gasteiger partial charge in [0.05, 0.1) is 16.6 Å².